The van der Waals surface area contributed by atoms with Crippen molar-refractivity contribution in [3.05, 3.63) is 0 Å². The summed E-state index contributed by atoms with van der Waals surface area (Å²) < 4.78 is 5.22. The molecule has 4 heteroatoms. The second-order valence-corrected chi connectivity index (χ2v) is 5.17. The van der Waals surface area contributed by atoms with Gasteiger partial charge in [0, 0.05) is 0 Å². The summed E-state index contributed by atoms with van der Waals surface area (Å²) in [6, 6.07) is 0. The molecule has 0 bridgehead atoms. The number of hydrogen-bond acceptors (Lipinski definition) is 3. The van der Waals surface area contributed by atoms with E-state index in [-0.39, 0.29) is 18.8 Å². The van der Waals surface area contributed by atoms with Crippen LogP contribution in [-0.2, 0) is 14.3 Å². The molecule has 1 fully saturated rings. The van der Waals surface area contributed by atoms with Crippen molar-refractivity contribution in [3.63, 3.8) is 0 Å². The lowest BCUT2D eigenvalue weighted by atomic mass is 9.88. The SMILES string of the molecule is CCCC(COC(=O)CCC(=O)O)C1CCCC1. The minimum absolute atomic E-state index is 0.0150. The zero-order valence-corrected chi connectivity index (χ0v) is 11.2. The molecule has 0 saturated heterocycles. The fourth-order valence-electron chi connectivity index (χ4n) is 2.74. The molecule has 1 rings (SSSR count). The summed E-state index contributed by atoms with van der Waals surface area (Å²) in [5, 5.41) is 8.49. The molecule has 0 aromatic carbocycles. The Morgan fingerprint density at radius 1 is 1.28 bits per heavy atom. The van der Waals surface area contributed by atoms with Crippen LogP contribution in [0.2, 0.25) is 0 Å². The molecule has 1 aliphatic carbocycles. The van der Waals surface area contributed by atoms with Crippen molar-refractivity contribution in [1.82, 2.24) is 0 Å². The molecular formula is C14H24O4. The molecule has 0 amide bonds. The molecule has 1 unspecified atom stereocenters. The van der Waals surface area contributed by atoms with Crippen LogP contribution in [0.25, 0.3) is 0 Å². The number of esters is 1. The molecular weight excluding hydrogens is 232 g/mol. The second kappa shape index (κ2) is 8.11. The second-order valence-electron chi connectivity index (χ2n) is 5.17. The number of rotatable bonds is 8. The third kappa shape index (κ3) is 5.52. The van der Waals surface area contributed by atoms with E-state index >= 15 is 0 Å². The average Bonchev–Trinajstić information content (AvgIpc) is 2.85. The van der Waals surface area contributed by atoms with Gasteiger partial charge in [0.1, 0.15) is 0 Å². The van der Waals surface area contributed by atoms with Crippen LogP contribution >= 0.6 is 0 Å². The first-order valence-electron chi connectivity index (χ1n) is 7.01. The van der Waals surface area contributed by atoms with E-state index in [4.69, 9.17) is 9.84 Å². The van der Waals surface area contributed by atoms with Gasteiger partial charge in [0.05, 0.1) is 19.4 Å². The van der Waals surface area contributed by atoms with E-state index in [1.807, 2.05) is 0 Å². The van der Waals surface area contributed by atoms with Crippen molar-refractivity contribution >= 4 is 11.9 Å². The summed E-state index contributed by atoms with van der Waals surface area (Å²) in [5.74, 6) is -0.173. The summed E-state index contributed by atoms with van der Waals surface area (Å²) in [5.41, 5.74) is 0. The quantitative estimate of drug-likeness (QED) is 0.678. The Labute approximate surface area is 109 Å². The van der Waals surface area contributed by atoms with Crippen LogP contribution < -0.4 is 0 Å². The number of carboxylic acid groups (broad SMARTS) is 1. The highest BCUT2D eigenvalue weighted by atomic mass is 16.5. The van der Waals surface area contributed by atoms with Gasteiger partial charge in [0.2, 0.25) is 0 Å². The highest BCUT2D eigenvalue weighted by molar-refractivity contribution is 5.76. The standard InChI is InChI=1S/C14H24O4/c1-2-5-12(11-6-3-4-7-11)10-18-14(17)9-8-13(15)16/h11-12H,2-10H2,1H3,(H,15,16). The third-order valence-corrected chi connectivity index (χ3v) is 3.73. The lowest BCUT2D eigenvalue weighted by Gasteiger charge is -2.22. The van der Waals surface area contributed by atoms with Crippen molar-refractivity contribution in [3.8, 4) is 0 Å². The Morgan fingerprint density at radius 2 is 1.94 bits per heavy atom. The van der Waals surface area contributed by atoms with Gasteiger partial charge in [-0.2, -0.15) is 0 Å². The van der Waals surface area contributed by atoms with Gasteiger partial charge >= 0.3 is 11.9 Å². The maximum atomic E-state index is 11.4. The Bertz CT molecular complexity index is 269. The predicted molar refractivity (Wildman–Crippen MR) is 68.2 cm³/mol. The highest BCUT2D eigenvalue weighted by Crippen LogP contribution is 2.33. The van der Waals surface area contributed by atoms with Crippen molar-refractivity contribution in [1.29, 1.82) is 0 Å². The Kier molecular flexibility index (Phi) is 6.76. The topological polar surface area (TPSA) is 63.6 Å². The van der Waals surface area contributed by atoms with Crippen LogP contribution in [0.4, 0.5) is 0 Å². The van der Waals surface area contributed by atoms with E-state index in [1.165, 1.54) is 25.7 Å². The predicted octanol–water partition coefficient (Wildman–Crippen LogP) is 3.00. The molecule has 0 aromatic heterocycles. The number of hydrogen-bond donors (Lipinski definition) is 1. The molecule has 1 atom stereocenters. The van der Waals surface area contributed by atoms with Crippen LogP contribution in [0.5, 0.6) is 0 Å². The van der Waals surface area contributed by atoms with Gasteiger partial charge in [-0.3, -0.25) is 9.59 Å². The van der Waals surface area contributed by atoms with Gasteiger partial charge in [-0.15, -0.1) is 0 Å². The van der Waals surface area contributed by atoms with E-state index in [2.05, 4.69) is 6.92 Å². The normalized spacial score (nSPS) is 17.6. The van der Waals surface area contributed by atoms with Gasteiger partial charge in [0.25, 0.3) is 0 Å². The molecule has 18 heavy (non-hydrogen) atoms. The van der Waals surface area contributed by atoms with E-state index in [9.17, 15) is 9.59 Å². The number of carboxylic acids is 1. The maximum absolute atomic E-state index is 11.4. The first-order valence-corrected chi connectivity index (χ1v) is 7.01. The molecule has 0 heterocycles. The number of aliphatic carboxylic acids is 1. The van der Waals surface area contributed by atoms with E-state index in [0.717, 1.165) is 12.8 Å². The molecule has 1 saturated carbocycles. The summed E-state index contributed by atoms with van der Waals surface area (Å²) in [7, 11) is 0. The molecule has 0 radical (unpaired) electrons. The molecule has 1 N–H and O–H groups in total. The highest BCUT2D eigenvalue weighted by Gasteiger charge is 2.25. The third-order valence-electron chi connectivity index (χ3n) is 3.73. The van der Waals surface area contributed by atoms with Crippen LogP contribution in [-0.4, -0.2) is 23.7 Å². The smallest absolute Gasteiger partial charge is 0.306 e. The van der Waals surface area contributed by atoms with Crippen molar-refractivity contribution < 1.29 is 19.4 Å². The Morgan fingerprint density at radius 3 is 2.50 bits per heavy atom. The van der Waals surface area contributed by atoms with E-state index in [1.54, 1.807) is 0 Å². The minimum atomic E-state index is -0.951. The molecule has 0 spiro atoms. The summed E-state index contributed by atoms with van der Waals surface area (Å²) in [4.78, 5) is 21.7. The van der Waals surface area contributed by atoms with E-state index in [0.29, 0.717) is 18.4 Å². The largest absolute Gasteiger partial charge is 0.481 e. The van der Waals surface area contributed by atoms with Crippen molar-refractivity contribution in [2.75, 3.05) is 6.61 Å². The molecule has 4 nitrogen and oxygen atoms in total. The minimum Gasteiger partial charge on any atom is -0.481 e. The molecule has 1 aliphatic rings. The van der Waals surface area contributed by atoms with Crippen LogP contribution in [0.1, 0.15) is 58.3 Å². The van der Waals surface area contributed by atoms with Crippen LogP contribution in [0.15, 0.2) is 0 Å². The van der Waals surface area contributed by atoms with Gasteiger partial charge < -0.3 is 9.84 Å². The van der Waals surface area contributed by atoms with Crippen LogP contribution in [0, 0.1) is 11.8 Å². The van der Waals surface area contributed by atoms with Crippen molar-refractivity contribution in [2.45, 2.75) is 58.3 Å². The maximum Gasteiger partial charge on any atom is 0.306 e. The number of carbonyl (C=O) groups excluding carboxylic acids is 1. The monoisotopic (exact) mass is 256 g/mol. The van der Waals surface area contributed by atoms with Crippen molar-refractivity contribution in [2.24, 2.45) is 11.8 Å². The fourth-order valence-corrected chi connectivity index (χ4v) is 2.74. The first-order chi connectivity index (χ1) is 8.63. The number of ether oxygens (including phenoxy) is 1. The Balaban J connectivity index is 2.27. The number of carbonyl (C=O) groups is 2. The van der Waals surface area contributed by atoms with Gasteiger partial charge in [-0.05, 0) is 18.3 Å². The van der Waals surface area contributed by atoms with Gasteiger partial charge in [-0.1, -0.05) is 39.0 Å². The van der Waals surface area contributed by atoms with Gasteiger partial charge in [0.15, 0.2) is 0 Å². The average molecular weight is 256 g/mol. The first kappa shape index (κ1) is 15.0. The lowest BCUT2D eigenvalue weighted by Crippen LogP contribution is -2.20. The van der Waals surface area contributed by atoms with Gasteiger partial charge in [-0.25, -0.2) is 0 Å². The fraction of sp³-hybridized carbons (Fsp3) is 0.857. The zero-order valence-electron chi connectivity index (χ0n) is 11.2. The summed E-state index contributed by atoms with van der Waals surface area (Å²) in [6.07, 6.45) is 7.12. The molecule has 0 aromatic rings. The molecule has 0 aliphatic heterocycles. The zero-order chi connectivity index (χ0) is 13.4. The lowest BCUT2D eigenvalue weighted by molar-refractivity contribution is -0.149. The van der Waals surface area contributed by atoms with E-state index < -0.39 is 5.97 Å². The summed E-state index contributed by atoms with van der Waals surface area (Å²) in [6.45, 7) is 2.62. The summed E-state index contributed by atoms with van der Waals surface area (Å²) >= 11 is 0. The molecule has 104 valence electrons. The Hall–Kier alpha value is -1.06. The van der Waals surface area contributed by atoms with Crippen LogP contribution in [0.3, 0.4) is 0 Å².